The van der Waals surface area contributed by atoms with Crippen molar-refractivity contribution >= 4 is 76.5 Å². The van der Waals surface area contributed by atoms with Gasteiger partial charge in [0.1, 0.15) is 45.4 Å². The first-order chi connectivity index (χ1) is 66.0. The molecule has 12 aromatic carbocycles. The first kappa shape index (κ1) is 105. The summed E-state index contributed by atoms with van der Waals surface area (Å²) in [6.45, 7) is 24.6. The highest BCUT2D eigenvalue weighted by atomic mass is 32.2. The summed E-state index contributed by atoms with van der Waals surface area (Å²) in [5.41, 5.74) is 7.15. The van der Waals surface area contributed by atoms with Crippen LogP contribution in [0.3, 0.4) is 0 Å². The number of carbonyl (C=O) groups excluding carboxylic acids is 4. The Morgan fingerprint density at radius 1 is 0.234 bits per heavy atom. The van der Waals surface area contributed by atoms with E-state index >= 15 is 0 Å². The third-order valence-corrected chi connectivity index (χ3v) is 34.6. The van der Waals surface area contributed by atoms with Gasteiger partial charge in [-0.3, -0.25) is 0 Å². The topological polar surface area (TPSA) is 234 Å². The predicted octanol–water partition coefficient (Wildman–Crippen LogP) is 23.0. The van der Waals surface area contributed by atoms with Crippen molar-refractivity contribution in [3.63, 3.8) is 0 Å². The molecule has 16 nitrogen and oxygen atoms in total. The van der Waals surface area contributed by atoms with Crippen molar-refractivity contribution in [1.82, 2.24) is 0 Å². The number of hydrogen-bond acceptors (Lipinski definition) is 16. The van der Waals surface area contributed by atoms with Crippen molar-refractivity contribution in [2.24, 2.45) is 0 Å². The Bertz CT molecular complexity index is 4870. The molecule has 4 fully saturated rings. The Hall–Kier alpha value is -10.8. The zero-order chi connectivity index (χ0) is 97.5. The summed E-state index contributed by atoms with van der Waals surface area (Å²) in [5, 5.41) is 0. The molecule has 4 aliphatic rings. The van der Waals surface area contributed by atoms with Gasteiger partial charge in [0.05, 0.1) is 43.6 Å². The van der Waals surface area contributed by atoms with Crippen molar-refractivity contribution in [3.05, 3.63) is 336 Å². The average Bonchev–Trinajstić information content (AvgIpc) is 1.50. The third-order valence-electron chi connectivity index (χ3n) is 25.8. The van der Waals surface area contributed by atoms with E-state index < -0.39 is 9.05 Å². The summed E-state index contributed by atoms with van der Waals surface area (Å²) in [6, 6.07) is 102. The van der Waals surface area contributed by atoms with E-state index in [0.717, 1.165) is 196 Å². The first-order valence-electron chi connectivity index (χ1n) is 48.1. The van der Waals surface area contributed by atoms with Gasteiger partial charge in [-0.05, 0) is 325 Å². The molecule has 0 radical (unpaired) electrons. The molecule has 137 heavy (non-hydrogen) atoms. The highest BCUT2D eigenvalue weighted by molar-refractivity contribution is 7.98. The number of esters is 4. The summed E-state index contributed by atoms with van der Waals surface area (Å²) < 4.78 is 47.5. The molecule has 0 heterocycles. The SMILES string of the molecule is CCC1(OC(=O)COc2c(C)cc([S+](c3ccccc3)c3ccccc3)cc2C)CCCC1.CCC1(OC(=O)COc2c(C)cc([S+](c3ccccc3)c3ccccc3)cc2C)CCCC1.CCC1(OC(=O)COc2c(C)cc([S+](c3ccccc3)c3ccccc3)cc2C)CCCC1.CCC1(OC(=O)COc2c(C)cc([S+](c3ccccc3)c3ccccc3)cc2C)CCCC1.[O-][Si]([O-])([O-])[O-]. The van der Waals surface area contributed by atoms with E-state index in [1.54, 1.807) is 0 Å². The zero-order valence-corrected chi connectivity index (χ0v) is 85.6. The Balaban J connectivity index is 0.000000161. The highest BCUT2D eigenvalue weighted by Gasteiger charge is 2.42. The second kappa shape index (κ2) is 50.7. The highest BCUT2D eigenvalue weighted by Crippen LogP contribution is 2.45. The molecule has 720 valence electrons. The predicted molar refractivity (Wildman–Crippen MR) is 542 cm³/mol. The molecule has 0 amide bonds. The summed E-state index contributed by atoms with van der Waals surface area (Å²) in [4.78, 5) is 99.7. The van der Waals surface area contributed by atoms with Gasteiger partial charge in [-0.1, -0.05) is 173 Å². The lowest BCUT2D eigenvalue weighted by atomic mass is 9.99. The Kier molecular flexibility index (Phi) is 38.9. The molecule has 4 saturated carbocycles. The van der Waals surface area contributed by atoms with Gasteiger partial charge in [-0.2, -0.15) is 0 Å². The smallest absolute Gasteiger partial charge is 0.344 e. The van der Waals surface area contributed by atoms with Gasteiger partial charge in [0.2, 0.25) is 0 Å². The normalized spacial score (nSPS) is 14.8. The zero-order valence-electron chi connectivity index (χ0n) is 81.3. The monoisotopic (exact) mass is 1940 g/mol. The van der Waals surface area contributed by atoms with Gasteiger partial charge in [-0.25, -0.2) is 19.2 Å². The quantitative estimate of drug-likeness (QED) is 0.0165. The number of rotatable bonds is 32. The van der Waals surface area contributed by atoms with Crippen molar-refractivity contribution in [1.29, 1.82) is 0 Å². The minimum absolute atomic E-state index is 0.0497. The van der Waals surface area contributed by atoms with Crippen molar-refractivity contribution in [3.8, 4) is 23.0 Å². The number of benzene rings is 12. The molecular weight excluding hydrogens is 1810 g/mol. The van der Waals surface area contributed by atoms with Crippen LogP contribution >= 0.6 is 0 Å². The van der Waals surface area contributed by atoms with E-state index in [-0.39, 0.29) is 116 Å². The Labute approximate surface area is 824 Å². The minimum Gasteiger partial charge on any atom is -0.894 e. The third kappa shape index (κ3) is 29.6. The summed E-state index contributed by atoms with van der Waals surface area (Å²) in [7, 11) is -6.47. The maximum atomic E-state index is 12.6. The van der Waals surface area contributed by atoms with Gasteiger partial charge in [0.25, 0.3) is 0 Å². The average molecular weight is 1940 g/mol. The van der Waals surface area contributed by atoms with Gasteiger partial charge in [0.15, 0.2) is 85.2 Å². The largest absolute Gasteiger partial charge is 0.894 e. The lowest BCUT2D eigenvalue weighted by Gasteiger charge is -2.67. The molecule has 0 atom stereocenters. The maximum absolute atomic E-state index is 12.6. The van der Waals surface area contributed by atoms with E-state index in [1.807, 2.05) is 0 Å². The Morgan fingerprint density at radius 2 is 0.358 bits per heavy atom. The van der Waals surface area contributed by atoms with Crippen LogP contribution in [0, 0.1) is 55.4 Å². The summed E-state index contributed by atoms with van der Waals surface area (Å²) in [6.07, 6.45) is 20.2. The van der Waals surface area contributed by atoms with Crippen LogP contribution < -0.4 is 38.1 Å². The first-order valence-corrected chi connectivity index (χ1v) is 54.6. The Morgan fingerprint density at radius 3 is 0.474 bits per heavy atom. The van der Waals surface area contributed by atoms with E-state index in [0.29, 0.717) is 0 Å². The fraction of sp³-hybridized carbons (Fsp3) is 0.345. The lowest BCUT2D eigenvalue weighted by Crippen LogP contribution is -2.82. The minimum atomic E-state index is -5.61. The molecule has 0 aromatic heterocycles. The molecular formula is C116H132O16S4Si. The number of carbonyl (C=O) groups is 4. The molecule has 0 N–H and O–H groups in total. The van der Waals surface area contributed by atoms with Gasteiger partial charge in [0, 0.05) is 48.5 Å². The van der Waals surface area contributed by atoms with E-state index in [1.165, 1.54) is 58.7 Å². The lowest BCUT2D eigenvalue weighted by molar-refractivity contribution is -0.624. The van der Waals surface area contributed by atoms with Gasteiger partial charge < -0.3 is 66.1 Å². The molecule has 0 saturated heterocycles. The summed E-state index contributed by atoms with van der Waals surface area (Å²) >= 11 is 0. The van der Waals surface area contributed by atoms with E-state index in [4.69, 9.17) is 57.1 Å². The van der Waals surface area contributed by atoms with Gasteiger partial charge >= 0.3 is 23.9 Å². The molecule has 12 aromatic rings. The van der Waals surface area contributed by atoms with Crippen LogP contribution in [-0.4, -0.2) is 81.8 Å². The van der Waals surface area contributed by atoms with Gasteiger partial charge in [-0.15, -0.1) is 0 Å². The van der Waals surface area contributed by atoms with Crippen LogP contribution in [0.2, 0.25) is 0 Å². The van der Waals surface area contributed by atoms with Crippen LogP contribution in [0.15, 0.2) is 350 Å². The second-order valence-corrected chi connectivity index (χ2v) is 44.9. The van der Waals surface area contributed by atoms with Crippen molar-refractivity contribution < 1.29 is 76.3 Å². The molecule has 0 aliphatic heterocycles. The molecule has 0 unspecified atom stereocenters. The van der Waals surface area contributed by atoms with Crippen LogP contribution in [0.4, 0.5) is 0 Å². The van der Waals surface area contributed by atoms with Crippen LogP contribution in [0.1, 0.15) is 201 Å². The summed E-state index contributed by atoms with van der Waals surface area (Å²) in [5.74, 6) is 2.03. The molecule has 0 bridgehead atoms. The van der Waals surface area contributed by atoms with Crippen molar-refractivity contribution in [2.45, 2.75) is 293 Å². The van der Waals surface area contributed by atoms with E-state index in [9.17, 15) is 19.2 Å². The van der Waals surface area contributed by atoms with Crippen LogP contribution in [-0.2, 0) is 81.7 Å². The molecule has 0 spiro atoms. The number of hydrogen-bond donors (Lipinski definition) is 0. The van der Waals surface area contributed by atoms with Crippen LogP contribution in [0.25, 0.3) is 0 Å². The maximum Gasteiger partial charge on any atom is 0.344 e. The standard InChI is InChI=1S/4C29H33O3S.O4Si/c4*1-4-29(17-11-12-18-29)32-27(30)21-31-28-22(2)19-26(20-23(28)3)33(24-13-7-5-8-14-24)25-15-9-6-10-16-25;1-5(2,3)4/h4*5-10,13-16,19-20H,4,11-12,17-18,21H2,1-3H3;/q4*+1;-4. The van der Waals surface area contributed by atoms with Crippen molar-refractivity contribution in [2.75, 3.05) is 26.4 Å². The fourth-order valence-electron chi connectivity index (χ4n) is 18.9. The fourth-order valence-corrected chi connectivity index (χ4v) is 28.0. The van der Waals surface area contributed by atoms with Crippen LogP contribution in [0.5, 0.6) is 23.0 Å². The second-order valence-electron chi connectivity index (χ2n) is 35.8. The number of ether oxygens (including phenoxy) is 8. The number of aryl methyl sites for hydroxylation is 8. The molecule has 4 aliphatic carbocycles. The van der Waals surface area contributed by atoms with E-state index in [2.05, 4.69) is 374 Å². The molecule has 16 rings (SSSR count). The molecule has 21 heteroatoms.